The van der Waals surface area contributed by atoms with E-state index in [0.29, 0.717) is 11.6 Å². The number of amides is 1. The number of benzene rings is 1. The SMILES string of the molecule is O=C(Nc1ccc(Cl)cc1F)C1CCCN(c2nccc3sccc23)C1. The van der Waals surface area contributed by atoms with Gasteiger partial charge < -0.3 is 10.2 Å². The Balaban J connectivity index is 1.51. The van der Waals surface area contributed by atoms with Crippen LogP contribution in [0.1, 0.15) is 12.8 Å². The number of hydrogen-bond acceptors (Lipinski definition) is 4. The molecule has 1 fully saturated rings. The van der Waals surface area contributed by atoms with Gasteiger partial charge in [0, 0.05) is 34.4 Å². The number of piperidine rings is 1. The zero-order valence-electron chi connectivity index (χ0n) is 13.9. The molecule has 134 valence electrons. The van der Waals surface area contributed by atoms with Crippen LogP contribution in [0.15, 0.2) is 41.9 Å². The van der Waals surface area contributed by atoms with Crippen molar-refractivity contribution in [2.45, 2.75) is 12.8 Å². The summed E-state index contributed by atoms with van der Waals surface area (Å²) < 4.78 is 15.1. The Bertz CT molecular complexity index is 961. The number of carbonyl (C=O) groups is 1. The highest BCUT2D eigenvalue weighted by molar-refractivity contribution is 7.17. The molecule has 1 unspecified atom stereocenters. The average molecular weight is 390 g/mol. The molecule has 1 saturated heterocycles. The highest BCUT2D eigenvalue weighted by Crippen LogP contribution is 2.31. The Morgan fingerprint density at radius 1 is 1.35 bits per heavy atom. The highest BCUT2D eigenvalue weighted by Gasteiger charge is 2.28. The number of fused-ring (bicyclic) bond motifs is 1. The molecule has 3 aromatic rings. The van der Waals surface area contributed by atoms with Gasteiger partial charge in [-0.25, -0.2) is 9.37 Å². The lowest BCUT2D eigenvalue weighted by Crippen LogP contribution is -2.41. The largest absolute Gasteiger partial charge is 0.355 e. The van der Waals surface area contributed by atoms with Crippen molar-refractivity contribution in [2.24, 2.45) is 5.92 Å². The summed E-state index contributed by atoms with van der Waals surface area (Å²) in [5.41, 5.74) is 0.162. The maximum Gasteiger partial charge on any atom is 0.229 e. The first-order valence-electron chi connectivity index (χ1n) is 8.45. The van der Waals surface area contributed by atoms with Crippen LogP contribution in [0.4, 0.5) is 15.9 Å². The molecule has 0 spiro atoms. The van der Waals surface area contributed by atoms with Crippen molar-refractivity contribution < 1.29 is 9.18 Å². The Labute approximate surface area is 159 Å². The standard InChI is InChI=1S/C19H17ClFN3OS/c20-13-3-4-16(15(21)10-13)23-19(25)12-2-1-8-24(11-12)18-14-6-9-26-17(14)5-7-22-18/h3-7,9-10,12H,1-2,8,11H2,(H,23,25). The molecule has 4 nitrogen and oxygen atoms in total. The minimum Gasteiger partial charge on any atom is -0.355 e. The van der Waals surface area contributed by atoms with Crippen LogP contribution in [0.2, 0.25) is 5.02 Å². The second-order valence-corrected chi connectivity index (χ2v) is 7.75. The Kier molecular flexibility index (Phi) is 4.78. The van der Waals surface area contributed by atoms with E-state index in [9.17, 15) is 9.18 Å². The fraction of sp³-hybridized carbons (Fsp3) is 0.263. The van der Waals surface area contributed by atoms with Crippen LogP contribution in [0.3, 0.4) is 0 Å². The molecule has 2 aromatic heterocycles. The van der Waals surface area contributed by atoms with Gasteiger partial charge in [0.25, 0.3) is 0 Å². The third-order valence-corrected chi connectivity index (χ3v) is 5.76. The van der Waals surface area contributed by atoms with E-state index in [1.54, 1.807) is 23.6 Å². The maximum absolute atomic E-state index is 13.9. The van der Waals surface area contributed by atoms with Crippen molar-refractivity contribution in [3.63, 3.8) is 0 Å². The van der Waals surface area contributed by atoms with E-state index in [2.05, 4.69) is 21.3 Å². The van der Waals surface area contributed by atoms with E-state index in [4.69, 9.17) is 11.6 Å². The summed E-state index contributed by atoms with van der Waals surface area (Å²) in [4.78, 5) is 19.3. The second-order valence-electron chi connectivity index (χ2n) is 6.37. The number of thiophene rings is 1. The van der Waals surface area contributed by atoms with Gasteiger partial charge in [0.1, 0.15) is 11.6 Å². The number of pyridine rings is 1. The summed E-state index contributed by atoms with van der Waals surface area (Å²) in [5.74, 6) is 0.00471. The lowest BCUT2D eigenvalue weighted by Gasteiger charge is -2.33. The number of carbonyl (C=O) groups excluding carboxylic acids is 1. The van der Waals surface area contributed by atoms with Crippen molar-refractivity contribution in [3.8, 4) is 0 Å². The molecule has 4 rings (SSSR count). The molecule has 1 atom stereocenters. The van der Waals surface area contributed by atoms with Gasteiger partial charge in [-0.05, 0) is 48.6 Å². The molecule has 1 aliphatic heterocycles. The predicted octanol–water partition coefficient (Wildman–Crippen LogP) is 4.94. The summed E-state index contributed by atoms with van der Waals surface area (Å²) in [7, 11) is 0. The van der Waals surface area contributed by atoms with Gasteiger partial charge in [0.05, 0.1) is 11.6 Å². The van der Waals surface area contributed by atoms with Gasteiger partial charge in [0.2, 0.25) is 5.91 Å². The molecule has 26 heavy (non-hydrogen) atoms. The fourth-order valence-electron chi connectivity index (χ4n) is 3.34. The van der Waals surface area contributed by atoms with Crippen molar-refractivity contribution in [1.82, 2.24) is 4.98 Å². The summed E-state index contributed by atoms with van der Waals surface area (Å²) >= 11 is 7.44. The van der Waals surface area contributed by atoms with Crippen LogP contribution < -0.4 is 10.2 Å². The van der Waals surface area contributed by atoms with Crippen LogP contribution in [0, 0.1) is 11.7 Å². The quantitative estimate of drug-likeness (QED) is 0.689. The average Bonchev–Trinajstić information content (AvgIpc) is 3.13. The summed E-state index contributed by atoms with van der Waals surface area (Å²) in [6.07, 6.45) is 3.47. The molecular weight excluding hydrogens is 373 g/mol. The van der Waals surface area contributed by atoms with Gasteiger partial charge in [-0.2, -0.15) is 0 Å². The topological polar surface area (TPSA) is 45.2 Å². The Hall–Kier alpha value is -2.18. The zero-order chi connectivity index (χ0) is 18.1. The van der Waals surface area contributed by atoms with E-state index in [0.717, 1.165) is 30.6 Å². The molecule has 1 amide bonds. The van der Waals surface area contributed by atoms with Crippen LogP contribution in [0.25, 0.3) is 10.1 Å². The third-order valence-electron chi connectivity index (χ3n) is 4.64. The van der Waals surface area contributed by atoms with E-state index >= 15 is 0 Å². The van der Waals surface area contributed by atoms with Crippen molar-refractivity contribution >= 4 is 50.4 Å². The second kappa shape index (κ2) is 7.21. The van der Waals surface area contributed by atoms with Crippen LogP contribution in [-0.4, -0.2) is 24.0 Å². The number of hydrogen-bond donors (Lipinski definition) is 1. The number of aromatic nitrogens is 1. The van der Waals surface area contributed by atoms with Crippen molar-refractivity contribution in [3.05, 3.63) is 52.7 Å². The molecule has 1 aliphatic rings. The van der Waals surface area contributed by atoms with Crippen LogP contribution >= 0.6 is 22.9 Å². The van der Waals surface area contributed by atoms with Gasteiger partial charge in [-0.3, -0.25) is 4.79 Å². The van der Waals surface area contributed by atoms with E-state index in [-0.39, 0.29) is 17.5 Å². The minimum atomic E-state index is -0.525. The highest BCUT2D eigenvalue weighted by atomic mass is 35.5. The van der Waals surface area contributed by atoms with E-state index in [1.165, 1.54) is 16.8 Å². The predicted molar refractivity (Wildman–Crippen MR) is 105 cm³/mol. The minimum absolute atomic E-state index is 0.162. The Morgan fingerprint density at radius 2 is 2.23 bits per heavy atom. The third kappa shape index (κ3) is 3.39. The molecule has 3 heterocycles. The molecule has 1 N–H and O–H groups in total. The van der Waals surface area contributed by atoms with Gasteiger partial charge >= 0.3 is 0 Å². The lowest BCUT2D eigenvalue weighted by molar-refractivity contribution is -0.120. The monoisotopic (exact) mass is 389 g/mol. The molecule has 1 aromatic carbocycles. The van der Waals surface area contributed by atoms with Crippen LogP contribution in [0.5, 0.6) is 0 Å². The fourth-order valence-corrected chi connectivity index (χ4v) is 4.28. The van der Waals surface area contributed by atoms with E-state index in [1.807, 2.05) is 11.4 Å². The van der Waals surface area contributed by atoms with Crippen molar-refractivity contribution in [1.29, 1.82) is 0 Å². The van der Waals surface area contributed by atoms with Crippen LogP contribution in [-0.2, 0) is 4.79 Å². The van der Waals surface area contributed by atoms with Gasteiger partial charge in [0.15, 0.2) is 0 Å². The van der Waals surface area contributed by atoms with Gasteiger partial charge in [-0.15, -0.1) is 11.3 Å². The maximum atomic E-state index is 13.9. The molecule has 0 radical (unpaired) electrons. The first-order valence-corrected chi connectivity index (χ1v) is 9.70. The molecule has 0 aliphatic carbocycles. The molecular formula is C19H17ClFN3OS. The van der Waals surface area contributed by atoms with E-state index < -0.39 is 5.82 Å². The normalized spacial score (nSPS) is 17.5. The Morgan fingerprint density at radius 3 is 3.08 bits per heavy atom. The van der Waals surface area contributed by atoms with Crippen molar-refractivity contribution in [2.75, 3.05) is 23.3 Å². The lowest BCUT2D eigenvalue weighted by atomic mass is 9.96. The first kappa shape index (κ1) is 17.2. The summed E-state index contributed by atoms with van der Waals surface area (Å²) in [5, 5.41) is 6.16. The molecule has 0 bridgehead atoms. The van der Waals surface area contributed by atoms with Gasteiger partial charge in [-0.1, -0.05) is 11.6 Å². The summed E-state index contributed by atoms with van der Waals surface area (Å²) in [6.45, 7) is 1.43. The zero-order valence-corrected chi connectivity index (χ0v) is 15.5. The molecule has 7 heteroatoms. The number of nitrogens with zero attached hydrogens (tertiary/aromatic N) is 2. The number of halogens is 2. The number of nitrogens with one attached hydrogen (secondary N) is 1. The molecule has 0 saturated carbocycles. The first-order chi connectivity index (χ1) is 12.6. The number of rotatable bonds is 3. The smallest absolute Gasteiger partial charge is 0.229 e. The summed E-state index contributed by atoms with van der Waals surface area (Å²) in [6, 6.07) is 8.32. The number of anilines is 2.